The van der Waals surface area contributed by atoms with Crippen LogP contribution in [0.2, 0.25) is 0 Å². The number of hydrogen-bond donors (Lipinski definition) is 2. The second kappa shape index (κ2) is 5.52. The monoisotopic (exact) mass is 275 g/mol. The number of hydrogen-bond acceptors (Lipinski definition) is 5. The Morgan fingerprint density at radius 2 is 2.10 bits per heavy atom. The number of carboxylic acids is 1. The summed E-state index contributed by atoms with van der Waals surface area (Å²) in [5, 5.41) is 11.4. The fourth-order valence-electron chi connectivity index (χ4n) is 1.66. The second-order valence-electron chi connectivity index (χ2n) is 4.19. The van der Waals surface area contributed by atoms with E-state index in [1.165, 1.54) is 12.3 Å². The van der Waals surface area contributed by atoms with Gasteiger partial charge in [-0.1, -0.05) is 6.07 Å². The number of amides is 1. The molecule has 0 spiro atoms. The molecule has 0 aromatic carbocycles. The van der Waals surface area contributed by atoms with E-state index in [-0.39, 0.29) is 23.9 Å². The molecule has 0 aliphatic rings. The molecular formula is C13H13N3O4. The van der Waals surface area contributed by atoms with E-state index >= 15 is 0 Å². The van der Waals surface area contributed by atoms with E-state index in [9.17, 15) is 9.59 Å². The first-order valence-electron chi connectivity index (χ1n) is 5.88. The van der Waals surface area contributed by atoms with Crippen molar-refractivity contribution < 1.29 is 19.1 Å². The molecule has 0 atom stereocenters. The van der Waals surface area contributed by atoms with Gasteiger partial charge in [-0.2, -0.15) is 0 Å². The Labute approximate surface area is 114 Å². The van der Waals surface area contributed by atoms with Crippen LogP contribution in [0.4, 0.5) is 0 Å². The number of carbonyl (C=O) groups is 2. The number of aryl methyl sites for hydroxylation is 2. The molecule has 20 heavy (non-hydrogen) atoms. The lowest BCUT2D eigenvalue weighted by atomic mass is 10.2. The van der Waals surface area contributed by atoms with Crippen molar-refractivity contribution in [2.45, 2.75) is 20.4 Å². The number of rotatable bonds is 4. The van der Waals surface area contributed by atoms with Crippen molar-refractivity contribution in [1.29, 1.82) is 0 Å². The fraction of sp³-hybridized carbons (Fsp3) is 0.231. The molecule has 2 aromatic heterocycles. The first-order chi connectivity index (χ1) is 9.47. The van der Waals surface area contributed by atoms with Gasteiger partial charge in [-0.05, 0) is 18.6 Å². The normalized spacial score (nSPS) is 10.3. The number of pyridine rings is 1. The molecule has 0 saturated heterocycles. The van der Waals surface area contributed by atoms with Crippen LogP contribution in [0.3, 0.4) is 0 Å². The summed E-state index contributed by atoms with van der Waals surface area (Å²) >= 11 is 0. The molecule has 0 aliphatic heterocycles. The van der Waals surface area contributed by atoms with Crippen LogP contribution in [-0.4, -0.2) is 27.0 Å². The van der Waals surface area contributed by atoms with Gasteiger partial charge in [-0.25, -0.2) is 14.8 Å². The maximum absolute atomic E-state index is 11.9. The van der Waals surface area contributed by atoms with Gasteiger partial charge in [-0.3, -0.25) is 4.79 Å². The van der Waals surface area contributed by atoms with Crippen LogP contribution in [0, 0.1) is 13.8 Å². The quantitative estimate of drug-likeness (QED) is 0.871. The number of nitrogens with zero attached hydrogens (tertiary/aromatic N) is 2. The average Bonchev–Trinajstić information content (AvgIpc) is 2.75. The Kier molecular flexibility index (Phi) is 3.79. The van der Waals surface area contributed by atoms with Crippen molar-refractivity contribution in [3.8, 4) is 0 Å². The van der Waals surface area contributed by atoms with Gasteiger partial charge in [0.1, 0.15) is 5.69 Å². The zero-order valence-corrected chi connectivity index (χ0v) is 11.0. The van der Waals surface area contributed by atoms with Crippen LogP contribution >= 0.6 is 0 Å². The van der Waals surface area contributed by atoms with Crippen LogP contribution in [0.1, 0.15) is 38.2 Å². The van der Waals surface area contributed by atoms with E-state index in [1.807, 2.05) is 0 Å². The molecule has 0 bridgehead atoms. The average molecular weight is 275 g/mol. The van der Waals surface area contributed by atoms with E-state index in [1.54, 1.807) is 19.9 Å². The van der Waals surface area contributed by atoms with Crippen molar-refractivity contribution in [3.05, 3.63) is 46.9 Å². The van der Waals surface area contributed by atoms with E-state index < -0.39 is 5.97 Å². The molecule has 104 valence electrons. The van der Waals surface area contributed by atoms with Crippen LogP contribution in [0.5, 0.6) is 0 Å². The van der Waals surface area contributed by atoms with E-state index in [4.69, 9.17) is 9.52 Å². The van der Waals surface area contributed by atoms with Crippen LogP contribution in [-0.2, 0) is 6.54 Å². The summed E-state index contributed by atoms with van der Waals surface area (Å²) in [7, 11) is 0. The minimum atomic E-state index is -1.09. The largest absolute Gasteiger partial charge is 0.477 e. The summed E-state index contributed by atoms with van der Waals surface area (Å²) in [4.78, 5) is 30.3. The number of aromatic nitrogens is 2. The number of oxazole rings is 1. The summed E-state index contributed by atoms with van der Waals surface area (Å²) < 4.78 is 5.20. The first-order valence-corrected chi connectivity index (χ1v) is 5.88. The van der Waals surface area contributed by atoms with Crippen molar-refractivity contribution in [2.24, 2.45) is 0 Å². The zero-order valence-electron chi connectivity index (χ0n) is 11.0. The molecule has 0 fully saturated rings. The maximum atomic E-state index is 11.9. The molecular weight excluding hydrogens is 262 g/mol. The number of aromatic carboxylic acids is 1. The third-order valence-electron chi connectivity index (χ3n) is 2.61. The second-order valence-corrected chi connectivity index (χ2v) is 4.19. The van der Waals surface area contributed by atoms with Crippen molar-refractivity contribution in [3.63, 3.8) is 0 Å². The summed E-state index contributed by atoms with van der Waals surface area (Å²) in [5.41, 5.74) is 1.18. The smallest absolute Gasteiger partial charge is 0.354 e. The lowest BCUT2D eigenvalue weighted by Gasteiger charge is -2.03. The Morgan fingerprint density at radius 3 is 2.60 bits per heavy atom. The molecule has 7 nitrogen and oxygen atoms in total. The van der Waals surface area contributed by atoms with Gasteiger partial charge in [0.25, 0.3) is 5.91 Å². The predicted molar refractivity (Wildman–Crippen MR) is 68.3 cm³/mol. The number of carbonyl (C=O) groups excluding carboxylic acids is 1. The van der Waals surface area contributed by atoms with E-state index in [0.29, 0.717) is 17.1 Å². The fourth-order valence-corrected chi connectivity index (χ4v) is 1.66. The Hall–Kier alpha value is -2.70. The van der Waals surface area contributed by atoms with Crippen LogP contribution in [0.25, 0.3) is 0 Å². The number of carboxylic acid groups (broad SMARTS) is 1. The molecule has 7 heteroatoms. The van der Waals surface area contributed by atoms with Gasteiger partial charge >= 0.3 is 5.97 Å². The lowest BCUT2D eigenvalue weighted by molar-refractivity contribution is 0.0690. The highest BCUT2D eigenvalue weighted by molar-refractivity contribution is 5.92. The third kappa shape index (κ3) is 3.00. The van der Waals surface area contributed by atoms with Gasteiger partial charge in [-0.15, -0.1) is 0 Å². The first kappa shape index (κ1) is 13.7. The summed E-state index contributed by atoms with van der Waals surface area (Å²) in [6.45, 7) is 3.58. The molecule has 2 aromatic rings. The molecule has 0 saturated carbocycles. The highest BCUT2D eigenvalue weighted by atomic mass is 16.4. The van der Waals surface area contributed by atoms with Gasteiger partial charge in [0.15, 0.2) is 5.89 Å². The Balaban J connectivity index is 2.00. The van der Waals surface area contributed by atoms with Gasteiger partial charge in [0, 0.05) is 19.7 Å². The molecule has 2 N–H and O–H groups in total. The van der Waals surface area contributed by atoms with Crippen molar-refractivity contribution in [1.82, 2.24) is 15.3 Å². The van der Waals surface area contributed by atoms with Crippen LogP contribution in [0.15, 0.2) is 22.7 Å². The SMILES string of the molecule is Cc1nc(C)c(C(=O)NCc2ccc(C(=O)O)nc2)o1. The van der Waals surface area contributed by atoms with Gasteiger partial charge < -0.3 is 14.8 Å². The van der Waals surface area contributed by atoms with Crippen molar-refractivity contribution >= 4 is 11.9 Å². The summed E-state index contributed by atoms with van der Waals surface area (Å²) in [5.74, 6) is -0.850. The minimum absolute atomic E-state index is 0.0400. The lowest BCUT2D eigenvalue weighted by Crippen LogP contribution is -2.23. The topological polar surface area (TPSA) is 105 Å². The Morgan fingerprint density at radius 1 is 1.35 bits per heavy atom. The van der Waals surface area contributed by atoms with Crippen LogP contribution < -0.4 is 5.32 Å². The highest BCUT2D eigenvalue weighted by Crippen LogP contribution is 2.09. The Bertz CT molecular complexity index is 646. The minimum Gasteiger partial charge on any atom is -0.477 e. The molecule has 0 aliphatic carbocycles. The summed E-state index contributed by atoms with van der Waals surface area (Å²) in [6.07, 6.45) is 1.40. The molecule has 0 unspecified atom stereocenters. The number of nitrogens with one attached hydrogen (secondary N) is 1. The predicted octanol–water partition coefficient (Wildman–Crippen LogP) is 1.31. The van der Waals surface area contributed by atoms with Gasteiger partial charge in [0.2, 0.25) is 5.76 Å². The highest BCUT2D eigenvalue weighted by Gasteiger charge is 2.15. The summed E-state index contributed by atoms with van der Waals surface area (Å²) in [6, 6.07) is 2.98. The molecule has 2 heterocycles. The molecule has 2 rings (SSSR count). The maximum Gasteiger partial charge on any atom is 0.354 e. The third-order valence-corrected chi connectivity index (χ3v) is 2.61. The van der Waals surface area contributed by atoms with E-state index in [0.717, 1.165) is 0 Å². The van der Waals surface area contributed by atoms with E-state index in [2.05, 4.69) is 15.3 Å². The zero-order chi connectivity index (χ0) is 14.7. The molecule has 1 amide bonds. The standard InChI is InChI=1S/C13H13N3O4/c1-7-11(20-8(2)16-7)12(17)15-6-9-3-4-10(13(18)19)14-5-9/h3-5H,6H2,1-2H3,(H,15,17)(H,18,19). The van der Waals surface area contributed by atoms with Crippen molar-refractivity contribution in [2.75, 3.05) is 0 Å². The molecule has 0 radical (unpaired) electrons. The van der Waals surface area contributed by atoms with Gasteiger partial charge in [0.05, 0.1) is 5.69 Å².